The van der Waals surface area contributed by atoms with Crippen molar-refractivity contribution >= 4 is 28.8 Å². The number of piperidine rings is 1. The maximum atomic E-state index is 12.5. The highest BCUT2D eigenvalue weighted by molar-refractivity contribution is 7.14. The number of carbonyl (C=O) groups excluding carboxylic acids is 2. The zero-order chi connectivity index (χ0) is 16.6. The Balaban J connectivity index is 1.56. The molecule has 1 saturated carbocycles. The Labute approximate surface area is 137 Å². The lowest BCUT2D eigenvalue weighted by molar-refractivity contribution is -0.385. The largest absolute Gasteiger partial charge is 0.353 e. The maximum Gasteiger partial charge on any atom is 0.283 e. The minimum atomic E-state index is -0.456. The van der Waals surface area contributed by atoms with Gasteiger partial charge < -0.3 is 10.2 Å². The highest BCUT2D eigenvalue weighted by Crippen LogP contribution is 2.30. The second kappa shape index (κ2) is 6.27. The van der Waals surface area contributed by atoms with Gasteiger partial charge in [0, 0.05) is 31.1 Å². The molecule has 124 valence electrons. The van der Waals surface area contributed by atoms with Crippen LogP contribution < -0.4 is 5.32 Å². The number of aryl methyl sites for hydroxylation is 1. The summed E-state index contributed by atoms with van der Waals surface area (Å²) in [6.07, 6.45) is 3.44. The monoisotopic (exact) mass is 337 g/mol. The molecule has 0 atom stereocenters. The van der Waals surface area contributed by atoms with Crippen LogP contribution in [-0.2, 0) is 4.79 Å². The number of nitrogens with one attached hydrogen (secondary N) is 1. The SMILES string of the molecule is Cc1sc(C(=O)N2CCC(NC(=O)C3CC3)CC2)cc1[N+](=O)[O-]. The average Bonchev–Trinajstić information content (AvgIpc) is 3.30. The van der Waals surface area contributed by atoms with Crippen molar-refractivity contribution in [1.29, 1.82) is 0 Å². The zero-order valence-electron chi connectivity index (χ0n) is 12.9. The summed E-state index contributed by atoms with van der Waals surface area (Å²) in [5, 5.41) is 13.9. The minimum Gasteiger partial charge on any atom is -0.353 e. The fraction of sp³-hybridized carbons (Fsp3) is 0.600. The zero-order valence-corrected chi connectivity index (χ0v) is 13.7. The summed E-state index contributed by atoms with van der Waals surface area (Å²) in [5.41, 5.74) is 0.00457. The van der Waals surface area contributed by atoms with E-state index in [-0.39, 0.29) is 29.5 Å². The molecule has 1 aromatic heterocycles. The number of hydrogen-bond donors (Lipinski definition) is 1. The molecule has 2 aliphatic rings. The van der Waals surface area contributed by atoms with Crippen LogP contribution in [-0.4, -0.2) is 40.8 Å². The Morgan fingerprint density at radius 2 is 1.96 bits per heavy atom. The summed E-state index contributed by atoms with van der Waals surface area (Å²) in [6, 6.07) is 1.50. The highest BCUT2D eigenvalue weighted by atomic mass is 32.1. The fourth-order valence-corrected chi connectivity index (χ4v) is 3.76. The first-order valence-corrected chi connectivity index (χ1v) is 8.62. The molecule has 2 heterocycles. The van der Waals surface area contributed by atoms with Crippen LogP contribution in [0.25, 0.3) is 0 Å². The van der Waals surface area contributed by atoms with E-state index in [0.29, 0.717) is 22.8 Å². The van der Waals surface area contributed by atoms with Crippen LogP contribution in [0.15, 0.2) is 6.07 Å². The standard InChI is InChI=1S/C15H19N3O4S/c1-9-12(18(21)22)8-13(23-9)15(20)17-6-4-11(5-7-17)16-14(19)10-2-3-10/h8,10-11H,2-7H2,1H3,(H,16,19). The molecular formula is C15H19N3O4S. The molecule has 0 spiro atoms. The quantitative estimate of drug-likeness (QED) is 0.672. The predicted molar refractivity (Wildman–Crippen MR) is 85.5 cm³/mol. The predicted octanol–water partition coefficient (Wildman–Crippen LogP) is 2.10. The van der Waals surface area contributed by atoms with E-state index < -0.39 is 4.92 Å². The first kappa shape index (κ1) is 15.9. The number of hydrogen-bond acceptors (Lipinski definition) is 5. The minimum absolute atomic E-state index is 0.00457. The smallest absolute Gasteiger partial charge is 0.283 e. The molecule has 0 unspecified atom stereocenters. The van der Waals surface area contributed by atoms with Crippen molar-refractivity contribution in [2.45, 2.75) is 38.6 Å². The molecule has 0 aromatic carbocycles. The van der Waals surface area contributed by atoms with E-state index >= 15 is 0 Å². The Bertz CT molecular complexity index is 645. The van der Waals surface area contributed by atoms with Gasteiger partial charge in [-0.05, 0) is 32.6 Å². The van der Waals surface area contributed by atoms with Crippen LogP contribution in [0.2, 0.25) is 0 Å². The summed E-state index contributed by atoms with van der Waals surface area (Å²) < 4.78 is 0. The van der Waals surface area contributed by atoms with Gasteiger partial charge in [-0.1, -0.05) is 0 Å². The van der Waals surface area contributed by atoms with Crippen LogP contribution in [0.1, 0.15) is 40.2 Å². The van der Waals surface area contributed by atoms with Gasteiger partial charge in [-0.2, -0.15) is 0 Å². The van der Waals surface area contributed by atoms with E-state index in [0.717, 1.165) is 25.7 Å². The molecule has 1 aliphatic heterocycles. The summed E-state index contributed by atoms with van der Waals surface area (Å²) in [5.74, 6) is 0.182. The number of rotatable bonds is 4. The lowest BCUT2D eigenvalue weighted by Gasteiger charge is -2.32. The first-order valence-electron chi connectivity index (χ1n) is 7.80. The summed E-state index contributed by atoms with van der Waals surface area (Å²) in [6.45, 7) is 2.79. The van der Waals surface area contributed by atoms with Crippen LogP contribution in [0.5, 0.6) is 0 Å². The van der Waals surface area contributed by atoms with E-state index in [1.807, 2.05) is 0 Å². The Hall–Kier alpha value is -1.96. The van der Waals surface area contributed by atoms with Gasteiger partial charge in [-0.3, -0.25) is 19.7 Å². The molecule has 1 saturated heterocycles. The third kappa shape index (κ3) is 3.52. The molecule has 8 heteroatoms. The number of thiophene rings is 1. The maximum absolute atomic E-state index is 12.5. The van der Waals surface area contributed by atoms with Crippen LogP contribution >= 0.6 is 11.3 Å². The lowest BCUT2D eigenvalue weighted by atomic mass is 10.0. The topological polar surface area (TPSA) is 92.6 Å². The molecule has 0 radical (unpaired) electrons. The summed E-state index contributed by atoms with van der Waals surface area (Å²) >= 11 is 1.17. The van der Waals surface area contributed by atoms with E-state index in [2.05, 4.69) is 5.32 Å². The number of amides is 2. The molecule has 1 N–H and O–H groups in total. The van der Waals surface area contributed by atoms with Crippen LogP contribution in [0, 0.1) is 23.0 Å². The molecule has 1 aliphatic carbocycles. The molecule has 0 bridgehead atoms. The van der Waals surface area contributed by atoms with Crippen molar-refractivity contribution in [2.75, 3.05) is 13.1 Å². The highest BCUT2D eigenvalue weighted by Gasteiger charge is 2.32. The van der Waals surface area contributed by atoms with Gasteiger partial charge in [0.1, 0.15) is 0 Å². The van der Waals surface area contributed by atoms with Crippen LogP contribution in [0.4, 0.5) is 5.69 Å². The second-order valence-electron chi connectivity index (χ2n) is 6.16. The summed E-state index contributed by atoms with van der Waals surface area (Å²) in [7, 11) is 0. The third-order valence-electron chi connectivity index (χ3n) is 4.38. The van der Waals surface area contributed by atoms with Gasteiger partial charge in [0.2, 0.25) is 5.91 Å². The molecule has 7 nitrogen and oxygen atoms in total. The normalized spacial score (nSPS) is 18.7. The van der Waals surface area contributed by atoms with E-state index in [9.17, 15) is 19.7 Å². The number of likely N-dealkylation sites (tertiary alicyclic amines) is 1. The first-order chi connectivity index (χ1) is 11.0. The molecule has 1 aromatic rings. The molecular weight excluding hydrogens is 318 g/mol. The molecule has 2 fully saturated rings. The van der Waals surface area contributed by atoms with Gasteiger partial charge in [-0.25, -0.2) is 0 Å². The Morgan fingerprint density at radius 3 is 2.48 bits per heavy atom. The van der Waals surface area contributed by atoms with Crippen molar-refractivity contribution in [2.24, 2.45) is 5.92 Å². The van der Waals surface area contributed by atoms with Crippen molar-refractivity contribution in [3.63, 3.8) is 0 Å². The van der Waals surface area contributed by atoms with Crippen molar-refractivity contribution < 1.29 is 14.5 Å². The summed E-state index contributed by atoms with van der Waals surface area (Å²) in [4.78, 5) is 37.3. The average molecular weight is 337 g/mol. The van der Waals surface area contributed by atoms with Crippen molar-refractivity contribution in [3.8, 4) is 0 Å². The van der Waals surface area contributed by atoms with Crippen LogP contribution in [0.3, 0.4) is 0 Å². The Morgan fingerprint density at radius 1 is 1.30 bits per heavy atom. The van der Waals surface area contributed by atoms with Crippen molar-refractivity contribution in [1.82, 2.24) is 10.2 Å². The van der Waals surface area contributed by atoms with Gasteiger partial charge in [0.05, 0.1) is 14.7 Å². The van der Waals surface area contributed by atoms with Gasteiger partial charge in [0.25, 0.3) is 11.6 Å². The van der Waals surface area contributed by atoms with E-state index in [1.165, 1.54) is 17.4 Å². The number of nitro groups is 1. The lowest BCUT2D eigenvalue weighted by Crippen LogP contribution is -2.46. The van der Waals surface area contributed by atoms with E-state index in [1.54, 1.807) is 11.8 Å². The fourth-order valence-electron chi connectivity index (χ4n) is 2.81. The van der Waals surface area contributed by atoms with Gasteiger partial charge in [0.15, 0.2) is 0 Å². The molecule has 2 amide bonds. The third-order valence-corrected chi connectivity index (χ3v) is 5.40. The Kier molecular flexibility index (Phi) is 4.34. The van der Waals surface area contributed by atoms with Gasteiger partial charge in [-0.15, -0.1) is 11.3 Å². The molecule has 3 rings (SSSR count). The number of nitrogens with zero attached hydrogens (tertiary/aromatic N) is 2. The number of carbonyl (C=O) groups is 2. The second-order valence-corrected chi connectivity index (χ2v) is 7.41. The molecule has 23 heavy (non-hydrogen) atoms. The van der Waals surface area contributed by atoms with Gasteiger partial charge >= 0.3 is 0 Å². The van der Waals surface area contributed by atoms with Crippen molar-refractivity contribution in [3.05, 3.63) is 25.9 Å². The van der Waals surface area contributed by atoms with E-state index in [4.69, 9.17) is 0 Å².